The van der Waals surface area contributed by atoms with Gasteiger partial charge in [-0.3, -0.25) is 0 Å². The monoisotopic (exact) mass is 240 g/mol. The van der Waals surface area contributed by atoms with Gasteiger partial charge in [0.2, 0.25) is 0 Å². The van der Waals surface area contributed by atoms with Gasteiger partial charge in [-0.25, -0.2) is 0 Å². The predicted octanol–water partition coefficient (Wildman–Crippen LogP) is 2.89. The summed E-state index contributed by atoms with van der Waals surface area (Å²) in [6.07, 6.45) is 6.44. The number of allylic oxidation sites excluding steroid dienone is 2. The molecule has 0 fully saturated rings. The van der Waals surface area contributed by atoms with E-state index in [1.807, 2.05) is 12.1 Å². The van der Waals surface area contributed by atoms with Crippen LogP contribution in [0, 0.1) is 5.92 Å². The zero-order chi connectivity index (χ0) is 12.9. The van der Waals surface area contributed by atoms with Gasteiger partial charge in [-0.2, -0.15) is 0 Å². The first-order valence-electron chi connectivity index (χ1n) is 6.57. The van der Waals surface area contributed by atoms with E-state index in [4.69, 9.17) is 11.5 Å². The van der Waals surface area contributed by atoms with E-state index in [0.29, 0.717) is 5.92 Å². The number of hydrogen-bond donors (Lipinski definition) is 2. The zero-order valence-corrected chi connectivity index (χ0v) is 11.0. The first-order chi connectivity index (χ1) is 8.56. The van der Waals surface area contributed by atoms with Crippen LogP contribution in [0.2, 0.25) is 0 Å². The van der Waals surface area contributed by atoms with Crippen molar-refractivity contribution in [1.82, 2.24) is 0 Å². The predicted molar refractivity (Wildman–Crippen MR) is 76.0 cm³/mol. The van der Waals surface area contributed by atoms with Crippen LogP contribution in [-0.4, -0.2) is 0 Å². The Morgan fingerprint density at radius 3 is 2.89 bits per heavy atom. The van der Waals surface area contributed by atoms with Gasteiger partial charge in [-0.1, -0.05) is 29.9 Å². The van der Waals surface area contributed by atoms with Crippen molar-refractivity contribution in [3.63, 3.8) is 0 Å². The van der Waals surface area contributed by atoms with Crippen LogP contribution >= 0.6 is 0 Å². The molecule has 0 aliphatic heterocycles. The molecule has 0 unspecified atom stereocenters. The molecular weight excluding hydrogens is 220 g/mol. The van der Waals surface area contributed by atoms with Crippen molar-refractivity contribution in [2.45, 2.75) is 32.2 Å². The fourth-order valence-corrected chi connectivity index (χ4v) is 3.73. The second kappa shape index (κ2) is 3.72. The lowest BCUT2D eigenvalue weighted by Crippen LogP contribution is -2.47. The summed E-state index contributed by atoms with van der Waals surface area (Å²) in [5, 5.41) is 0. The van der Waals surface area contributed by atoms with E-state index < -0.39 is 0 Å². The second-order valence-corrected chi connectivity index (χ2v) is 5.59. The Morgan fingerprint density at radius 2 is 2.17 bits per heavy atom. The fraction of sp³-hybridized carbons (Fsp3) is 0.375. The molecule has 0 saturated heterocycles. The number of anilines is 1. The maximum absolute atomic E-state index is 6.76. The molecule has 3 rings (SSSR count). The van der Waals surface area contributed by atoms with Gasteiger partial charge in [0, 0.05) is 11.6 Å². The maximum atomic E-state index is 6.76. The molecular formula is C16H20N2. The fourth-order valence-electron chi connectivity index (χ4n) is 3.73. The second-order valence-electron chi connectivity index (χ2n) is 5.59. The summed E-state index contributed by atoms with van der Waals surface area (Å²) >= 11 is 0. The molecule has 2 aliphatic rings. The molecule has 18 heavy (non-hydrogen) atoms. The van der Waals surface area contributed by atoms with Gasteiger partial charge in [0.25, 0.3) is 0 Å². The number of nitrogen functional groups attached to an aromatic ring is 1. The highest BCUT2D eigenvalue weighted by atomic mass is 14.8. The first kappa shape index (κ1) is 11.5. The molecule has 4 N–H and O–H groups in total. The average Bonchev–Trinajstić information content (AvgIpc) is 2.29. The standard InChI is InChI=1S/C16H20N2/c1-3-13-11-7-10(2)9-16(13,18)14-5-4-6-15(17)12(14)8-11/h3-7,11H,8-9,17-18H2,1-2H3/b13-3+/t11-,16+/m1/s1. The van der Waals surface area contributed by atoms with Crippen LogP contribution in [0.3, 0.4) is 0 Å². The van der Waals surface area contributed by atoms with Gasteiger partial charge in [-0.15, -0.1) is 0 Å². The van der Waals surface area contributed by atoms with E-state index in [9.17, 15) is 0 Å². The number of nitrogens with two attached hydrogens (primary N) is 2. The Balaban J connectivity index is 2.29. The summed E-state index contributed by atoms with van der Waals surface area (Å²) in [5.74, 6) is 0.422. The van der Waals surface area contributed by atoms with Crippen LogP contribution in [0.4, 0.5) is 5.69 Å². The van der Waals surface area contributed by atoms with E-state index in [2.05, 4.69) is 32.1 Å². The third-order valence-corrected chi connectivity index (χ3v) is 4.39. The molecule has 0 radical (unpaired) electrons. The van der Waals surface area contributed by atoms with Gasteiger partial charge in [0.05, 0.1) is 5.54 Å². The van der Waals surface area contributed by atoms with Gasteiger partial charge < -0.3 is 11.5 Å². The zero-order valence-electron chi connectivity index (χ0n) is 11.0. The van der Waals surface area contributed by atoms with Crippen molar-refractivity contribution < 1.29 is 0 Å². The van der Waals surface area contributed by atoms with Crippen molar-refractivity contribution in [3.8, 4) is 0 Å². The molecule has 0 saturated carbocycles. The van der Waals surface area contributed by atoms with Crippen LogP contribution in [0.1, 0.15) is 31.4 Å². The van der Waals surface area contributed by atoms with Crippen molar-refractivity contribution in [1.29, 1.82) is 0 Å². The van der Waals surface area contributed by atoms with Crippen LogP contribution in [0.5, 0.6) is 0 Å². The van der Waals surface area contributed by atoms with Crippen LogP contribution in [0.25, 0.3) is 0 Å². The number of benzene rings is 1. The molecule has 2 bridgehead atoms. The van der Waals surface area contributed by atoms with E-state index in [1.165, 1.54) is 22.3 Å². The Kier molecular flexibility index (Phi) is 2.39. The summed E-state index contributed by atoms with van der Waals surface area (Å²) in [7, 11) is 0. The highest BCUT2D eigenvalue weighted by Gasteiger charge is 2.43. The molecule has 0 amide bonds. The molecule has 2 heteroatoms. The lowest BCUT2D eigenvalue weighted by Gasteiger charge is -2.46. The molecule has 1 aromatic carbocycles. The van der Waals surface area contributed by atoms with E-state index in [-0.39, 0.29) is 5.54 Å². The number of rotatable bonds is 0. The SMILES string of the molecule is C/C=C1\[C@@H]2C=C(C)C[C@@]1(N)c1cccc(N)c1C2. The maximum Gasteiger partial charge on any atom is 0.0671 e. The van der Waals surface area contributed by atoms with Gasteiger partial charge in [-0.05, 0) is 49.5 Å². The highest BCUT2D eigenvalue weighted by molar-refractivity contribution is 5.60. The Labute approximate surface area is 108 Å². The summed E-state index contributed by atoms with van der Waals surface area (Å²) in [6, 6.07) is 6.14. The Morgan fingerprint density at radius 1 is 1.39 bits per heavy atom. The van der Waals surface area contributed by atoms with Crippen molar-refractivity contribution >= 4 is 5.69 Å². The highest BCUT2D eigenvalue weighted by Crippen LogP contribution is 2.49. The molecule has 2 atom stereocenters. The minimum atomic E-state index is -0.346. The molecule has 2 nitrogen and oxygen atoms in total. The quantitative estimate of drug-likeness (QED) is 0.541. The van der Waals surface area contributed by atoms with Crippen LogP contribution in [-0.2, 0) is 12.0 Å². The minimum Gasteiger partial charge on any atom is -0.398 e. The lowest BCUT2D eigenvalue weighted by molar-refractivity contribution is 0.416. The van der Waals surface area contributed by atoms with Crippen molar-refractivity contribution in [2.75, 3.05) is 5.73 Å². The normalized spacial score (nSPS) is 32.1. The summed E-state index contributed by atoms with van der Waals surface area (Å²) in [5.41, 5.74) is 18.6. The Bertz CT molecular complexity index is 568. The van der Waals surface area contributed by atoms with Crippen LogP contribution < -0.4 is 11.5 Å². The number of fused-ring (bicyclic) bond motifs is 4. The van der Waals surface area contributed by atoms with Crippen molar-refractivity contribution in [2.24, 2.45) is 11.7 Å². The third kappa shape index (κ3) is 1.39. The van der Waals surface area contributed by atoms with Crippen molar-refractivity contribution in [3.05, 3.63) is 52.6 Å². The minimum absolute atomic E-state index is 0.346. The number of hydrogen-bond acceptors (Lipinski definition) is 2. The third-order valence-electron chi connectivity index (χ3n) is 4.39. The largest absolute Gasteiger partial charge is 0.398 e. The Hall–Kier alpha value is -1.54. The topological polar surface area (TPSA) is 52.0 Å². The summed E-state index contributed by atoms with van der Waals surface area (Å²) in [6.45, 7) is 4.27. The smallest absolute Gasteiger partial charge is 0.0671 e. The molecule has 1 aromatic rings. The van der Waals surface area contributed by atoms with E-state index in [1.54, 1.807) is 0 Å². The van der Waals surface area contributed by atoms with Crippen LogP contribution in [0.15, 0.2) is 41.5 Å². The lowest BCUT2D eigenvalue weighted by atomic mass is 9.62. The van der Waals surface area contributed by atoms with Gasteiger partial charge in [0.15, 0.2) is 0 Å². The molecule has 94 valence electrons. The van der Waals surface area contributed by atoms with E-state index >= 15 is 0 Å². The average molecular weight is 240 g/mol. The van der Waals surface area contributed by atoms with E-state index in [0.717, 1.165) is 18.5 Å². The molecule has 0 spiro atoms. The van der Waals surface area contributed by atoms with Gasteiger partial charge >= 0.3 is 0 Å². The molecule has 2 aliphatic carbocycles. The molecule has 0 aromatic heterocycles. The van der Waals surface area contributed by atoms with Gasteiger partial charge in [0.1, 0.15) is 0 Å². The first-order valence-corrected chi connectivity index (χ1v) is 6.57. The summed E-state index contributed by atoms with van der Waals surface area (Å²) < 4.78 is 0. The summed E-state index contributed by atoms with van der Waals surface area (Å²) in [4.78, 5) is 0. The molecule has 0 heterocycles.